The molecule has 0 aromatic heterocycles. The summed E-state index contributed by atoms with van der Waals surface area (Å²) < 4.78 is 25.5. The molecule has 0 atom stereocenters. The van der Waals surface area contributed by atoms with Crippen LogP contribution < -0.4 is 0 Å². The molecule has 0 fully saturated rings. The zero-order valence-electron chi connectivity index (χ0n) is 13.1. The molecule has 2 aromatic rings. The van der Waals surface area contributed by atoms with E-state index >= 15 is 0 Å². The van der Waals surface area contributed by atoms with Gasteiger partial charge in [0.05, 0.1) is 4.90 Å². The van der Waals surface area contributed by atoms with E-state index in [2.05, 4.69) is 31.2 Å². The van der Waals surface area contributed by atoms with E-state index in [1.54, 1.807) is 44.1 Å². The summed E-state index contributed by atoms with van der Waals surface area (Å²) in [5.41, 5.74) is 3.58. The molecule has 0 saturated heterocycles. The number of thioether (sulfide) groups is 1. The smallest absolute Gasteiger partial charge is 0.207 e. The highest BCUT2D eigenvalue weighted by molar-refractivity contribution is 7.97. The molecular formula is C17H21NO2S2. The molecule has 0 unspecified atom stereocenters. The van der Waals surface area contributed by atoms with Crippen LogP contribution in [-0.2, 0) is 21.5 Å². The highest BCUT2D eigenvalue weighted by atomic mass is 32.2. The average molecular weight is 335 g/mol. The van der Waals surface area contributed by atoms with Crippen molar-refractivity contribution in [1.29, 1.82) is 0 Å². The third-order valence-electron chi connectivity index (χ3n) is 3.30. The standard InChI is InChI=1S/C17H21NO2S2/c1-14-6-4-7-15(10-14)12-21-13-16-8-5-9-17(11-16)22(19,20)18(2)3/h4-11H,12-13H2,1-3H3. The first-order valence-electron chi connectivity index (χ1n) is 7.04. The molecule has 0 aliphatic heterocycles. The van der Waals surface area contributed by atoms with Gasteiger partial charge >= 0.3 is 0 Å². The normalized spacial score (nSPS) is 11.8. The Bertz CT molecular complexity index is 740. The third kappa shape index (κ3) is 4.35. The second-order valence-electron chi connectivity index (χ2n) is 5.42. The van der Waals surface area contributed by atoms with Crippen LogP contribution in [0.4, 0.5) is 0 Å². The van der Waals surface area contributed by atoms with Crippen molar-refractivity contribution in [2.75, 3.05) is 14.1 Å². The van der Waals surface area contributed by atoms with Crippen LogP contribution in [0.1, 0.15) is 16.7 Å². The van der Waals surface area contributed by atoms with Gasteiger partial charge in [-0.3, -0.25) is 0 Å². The lowest BCUT2D eigenvalue weighted by molar-refractivity contribution is 0.520. The van der Waals surface area contributed by atoms with Gasteiger partial charge in [-0.05, 0) is 30.2 Å². The fourth-order valence-electron chi connectivity index (χ4n) is 2.10. The van der Waals surface area contributed by atoms with Crippen molar-refractivity contribution >= 4 is 21.8 Å². The van der Waals surface area contributed by atoms with Gasteiger partial charge in [0.25, 0.3) is 0 Å². The third-order valence-corrected chi connectivity index (χ3v) is 6.18. The molecule has 5 heteroatoms. The SMILES string of the molecule is Cc1cccc(CSCc2cccc(S(=O)(=O)N(C)C)c2)c1. The molecule has 0 spiro atoms. The van der Waals surface area contributed by atoms with E-state index in [9.17, 15) is 8.42 Å². The van der Waals surface area contributed by atoms with E-state index in [0.29, 0.717) is 4.90 Å². The van der Waals surface area contributed by atoms with Crippen LogP contribution in [0.25, 0.3) is 0 Å². The van der Waals surface area contributed by atoms with Crippen molar-refractivity contribution in [3.05, 3.63) is 65.2 Å². The lowest BCUT2D eigenvalue weighted by Gasteiger charge is -2.12. The molecule has 118 valence electrons. The van der Waals surface area contributed by atoms with Gasteiger partial charge < -0.3 is 0 Å². The van der Waals surface area contributed by atoms with Crippen LogP contribution in [0.2, 0.25) is 0 Å². The van der Waals surface area contributed by atoms with Gasteiger partial charge in [-0.25, -0.2) is 12.7 Å². The Balaban J connectivity index is 2.02. The first-order valence-corrected chi connectivity index (χ1v) is 9.64. The second-order valence-corrected chi connectivity index (χ2v) is 8.55. The van der Waals surface area contributed by atoms with Crippen LogP contribution in [0.15, 0.2) is 53.4 Å². The minimum Gasteiger partial charge on any atom is -0.207 e. The molecule has 2 aromatic carbocycles. The first-order chi connectivity index (χ1) is 10.4. The zero-order valence-corrected chi connectivity index (χ0v) is 14.7. The monoisotopic (exact) mass is 335 g/mol. The van der Waals surface area contributed by atoms with Gasteiger partial charge in [-0.2, -0.15) is 11.8 Å². The lowest BCUT2D eigenvalue weighted by Crippen LogP contribution is -2.22. The van der Waals surface area contributed by atoms with E-state index in [4.69, 9.17) is 0 Å². The summed E-state index contributed by atoms with van der Waals surface area (Å²) in [5.74, 6) is 1.72. The van der Waals surface area contributed by atoms with Crippen LogP contribution in [0, 0.1) is 6.92 Å². The Hall–Kier alpha value is -1.30. The van der Waals surface area contributed by atoms with Crippen molar-refractivity contribution < 1.29 is 8.42 Å². The maximum Gasteiger partial charge on any atom is 0.242 e. The molecule has 0 aliphatic rings. The molecule has 2 rings (SSSR count). The molecule has 0 amide bonds. The second kappa shape index (κ2) is 7.31. The lowest BCUT2D eigenvalue weighted by atomic mass is 10.2. The topological polar surface area (TPSA) is 37.4 Å². The summed E-state index contributed by atoms with van der Waals surface area (Å²) >= 11 is 1.79. The number of rotatable bonds is 6. The highest BCUT2D eigenvalue weighted by Crippen LogP contribution is 2.21. The van der Waals surface area contributed by atoms with Gasteiger partial charge in [0.15, 0.2) is 0 Å². The average Bonchev–Trinajstić information content (AvgIpc) is 2.47. The maximum absolute atomic E-state index is 12.1. The number of aryl methyl sites for hydroxylation is 1. The first kappa shape index (κ1) is 17.1. The van der Waals surface area contributed by atoms with E-state index < -0.39 is 10.0 Å². The van der Waals surface area contributed by atoms with Crippen LogP contribution in [0.3, 0.4) is 0 Å². The van der Waals surface area contributed by atoms with Crippen LogP contribution >= 0.6 is 11.8 Å². The largest absolute Gasteiger partial charge is 0.242 e. The Labute approximate surface area is 137 Å². The molecular weight excluding hydrogens is 314 g/mol. The van der Waals surface area contributed by atoms with Crippen molar-refractivity contribution in [1.82, 2.24) is 4.31 Å². The minimum atomic E-state index is -3.36. The Morgan fingerprint density at radius 2 is 1.55 bits per heavy atom. The Morgan fingerprint density at radius 3 is 2.14 bits per heavy atom. The predicted molar refractivity (Wildman–Crippen MR) is 93.5 cm³/mol. The Morgan fingerprint density at radius 1 is 0.955 bits per heavy atom. The summed E-state index contributed by atoms with van der Waals surface area (Å²) in [6, 6.07) is 15.6. The molecule has 0 saturated carbocycles. The van der Waals surface area contributed by atoms with E-state index in [1.165, 1.54) is 15.4 Å². The molecule has 0 N–H and O–H groups in total. The molecule has 0 radical (unpaired) electrons. The number of benzene rings is 2. The van der Waals surface area contributed by atoms with Crippen molar-refractivity contribution in [3.8, 4) is 0 Å². The van der Waals surface area contributed by atoms with Gasteiger partial charge in [-0.15, -0.1) is 0 Å². The van der Waals surface area contributed by atoms with Crippen molar-refractivity contribution in [3.63, 3.8) is 0 Å². The molecule has 3 nitrogen and oxygen atoms in total. The number of nitrogens with zero attached hydrogens (tertiary/aromatic N) is 1. The van der Waals surface area contributed by atoms with Gasteiger partial charge in [0.1, 0.15) is 0 Å². The van der Waals surface area contributed by atoms with Gasteiger partial charge in [-0.1, -0.05) is 42.0 Å². The minimum absolute atomic E-state index is 0.353. The quantitative estimate of drug-likeness (QED) is 0.808. The Kier molecular flexibility index (Phi) is 5.67. The van der Waals surface area contributed by atoms with Crippen LogP contribution in [-0.4, -0.2) is 26.8 Å². The fourth-order valence-corrected chi connectivity index (χ4v) is 4.00. The highest BCUT2D eigenvalue weighted by Gasteiger charge is 2.16. The summed E-state index contributed by atoms with van der Waals surface area (Å²) in [5, 5.41) is 0. The summed E-state index contributed by atoms with van der Waals surface area (Å²) in [6.45, 7) is 2.09. The van der Waals surface area contributed by atoms with Gasteiger partial charge in [0, 0.05) is 25.6 Å². The maximum atomic E-state index is 12.1. The summed E-state index contributed by atoms with van der Waals surface area (Å²) in [6.07, 6.45) is 0. The summed E-state index contributed by atoms with van der Waals surface area (Å²) in [7, 11) is -0.258. The number of hydrogen-bond acceptors (Lipinski definition) is 3. The van der Waals surface area contributed by atoms with Crippen molar-refractivity contribution in [2.24, 2.45) is 0 Å². The zero-order chi connectivity index (χ0) is 16.2. The van der Waals surface area contributed by atoms with E-state index in [1.807, 2.05) is 6.07 Å². The van der Waals surface area contributed by atoms with Crippen molar-refractivity contribution in [2.45, 2.75) is 23.3 Å². The fraction of sp³-hybridized carbons (Fsp3) is 0.294. The van der Waals surface area contributed by atoms with Gasteiger partial charge in [0.2, 0.25) is 10.0 Å². The number of sulfonamides is 1. The number of hydrogen-bond donors (Lipinski definition) is 0. The molecule has 22 heavy (non-hydrogen) atoms. The summed E-state index contributed by atoms with van der Waals surface area (Å²) in [4.78, 5) is 0.353. The molecule has 0 aliphatic carbocycles. The molecule has 0 bridgehead atoms. The van der Waals surface area contributed by atoms with Crippen LogP contribution in [0.5, 0.6) is 0 Å². The van der Waals surface area contributed by atoms with E-state index in [-0.39, 0.29) is 0 Å². The molecule has 0 heterocycles. The van der Waals surface area contributed by atoms with E-state index in [0.717, 1.165) is 17.1 Å². The predicted octanol–water partition coefficient (Wildman–Crippen LogP) is 3.68.